The third-order valence-corrected chi connectivity index (χ3v) is 3.81. The Balaban J connectivity index is 1.85. The van der Waals surface area contributed by atoms with Gasteiger partial charge in [0.25, 0.3) is 0 Å². The third kappa shape index (κ3) is 1.42. The fourth-order valence-electron chi connectivity index (χ4n) is 2.79. The van der Waals surface area contributed by atoms with E-state index in [-0.39, 0.29) is 5.41 Å². The van der Waals surface area contributed by atoms with E-state index < -0.39 is 0 Å². The first-order chi connectivity index (χ1) is 7.42. The van der Waals surface area contributed by atoms with Gasteiger partial charge in [-0.15, -0.1) is 0 Å². The average molecular weight is 207 g/mol. The van der Waals surface area contributed by atoms with Crippen LogP contribution in [-0.4, -0.2) is 26.3 Å². The molecule has 3 rings (SSSR count). The van der Waals surface area contributed by atoms with Crippen molar-refractivity contribution in [2.75, 3.05) is 26.3 Å². The molecule has 3 nitrogen and oxygen atoms in total. The first-order valence-corrected chi connectivity index (χ1v) is 5.74. The second kappa shape index (κ2) is 3.65. The van der Waals surface area contributed by atoms with Crippen LogP contribution in [0.1, 0.15) is 18.6 Å². The Morgan fingerprint density at radius 3 is 2.87 bits per heavy atom. The monoisotopic (exact) mass is 207 g/mol. The molecule has 0 saturated carbocycles. The highest BCUT2D eigenvalue weighted by Gasteiger charge is 2.49. The fraction of sp³-hybridized carbons (Fsp3) is 0.667. The van der Waals surface area contributed by atoms with Gasteiger partial charge in [0.15, 0.2) is 0 Å². The Kier molecular flexibility index (Phi) is 2.29. The minimum atomic E-state index is 0.164. The zero-order chi connectivity index (χ0) is 10.1. The van der Waals surface area contributed by atoms with Gasteiger partial charge in [-0.2, -0.15) is 0 Å². The van der Waals surface area contributed by atoms with Gasteiger partial charge in [-0.05, 0) is 44.0 Å². The summed E-state index contributed by atoms with van der Waals surface area (Å²) < 4.78 is 11.0. The van der Waals surface area contributed by atoms with E-state index in [1.165, 1.54) is 12.8 Å². The van der Waals surface area contributed by atoms with Gasteiger partial charge < -0.3 is 14.5 Å². The number of hydrogen-bond donors (Lipinski definition) is 1. The molecule has 3 heteroatoms. The van der Waals surface area contributed by atoms with Gasteiger partial charge in [-0.25, -0.2) is 0 Å². The van der Waals surface area contributed by atoms with Crippen molar-refractivity contribution in [2.24, 2.45) is 5.92 Å². The second-order valence-electron chi connectivity index (χ2n) is 4.67. The van der Waals surface area contributed by atoms with Gasteiger partial charge in [-0.1, -0.05) is 0 Å². The van der Waals surface area contributed by atoms with Gasteiger partial charge in [0.05, 0.1) is 24.9 Å². The van der Waals surface area contributed by atoms with Crippen LogP contribution in [0.2, 0.25) is 0 Å². The number of hydrogen-bond acceptors (Lipinski definition) is 3. The quantitative estimate of drug-likeness (QED) is 0.799. The molecule has 1 aromatic rings. The maximum Gasteiger partial charge on any atom is 0.114 e. The summed E-state index contributed by atoms with van der Waals surface area (Å²) in [5.41, 5.74) is 0.164. The van der Waals surface area contributed by atoms with Gasteiger partial charge in [0.2, 0.25) is 0 Å². The van der Waals surface area contributed by atoms with Crippen molar-refractivity contribution in [3.8, 4) is 0 Å². The molecular formula is C12H17NO2. The maximum atomic E-state index is 5.59. The van der Waals surface area contributed by atoms with Crippen LogP contribution in [-0.2, 0) is 10.2 Å². The van der Waals surface area contributed by atoms with Crippen LogP contribution in [0.25, 0.3) is 0 Å². The topological polar surface area (TPSA) is 34.4 Å². The highest BCUT2D eigenvalue weighted by molar-refractivity contribution is 5.20. The zero-order valence-electron chi connectivity index (χ0n) is 8.87. The summed E-state index contributed by atoms with van der Waals surface area (Å²) in [6.45, 7) is 3.91. The SMILES string of the molecule is c1coc(C2(C3CCCNC3)COC2)c1. The van der Waals surface area contributed by atoms with E-state index in [2.05, 4.69) is 11.4 Å². The predicted molar refractivity (Wildman–Crippen MR) is 56.8 cm³/mol. The van der Waals surface area contributed by atoms with Crippen LogP contribution in [0.15, 0.2) is 22.8 Å². The molecule has 0 radical (unpaired) electrons. The molecule has 1 N–H and O–H groups in total. The van der Waals surface area contributed by atoms with Crippen LogP contribution in [0.3, 0.4) is 0 Å². The summed E-state index contributed by atoms with van der Waals surface area (Å²) >= 11 is 0. The molecule has 1 unspecified atom stereocenters. The highest BCUT2D eigenvalue weighted by Crippen LogP contribution is 2.42. The molecule has 0 spiro atoms. The Morgan fingerprint density at radius 2 is 2.33 bits per heavy atom. The molecule has 2 aliphatic heterocycles. The smallest absolute Gasteiger partial charge is 0.114 e. The first-order valence-electron chi connectivity index (χ1n) is 5.74. The number of rotatable bonds is 2. The second-order valence-corrected chi connectivity index (χ2v) is 4.67. The van der Waals surface area contributed by atoms with Crippen LogP contribution in [0.5, 0.6) is 0 Å². The molecular weight excluding hydrogens is 190 g/mol. The molecule has 0 aliphatic carbocycles. The lowest BCUT2D eigenvalue weighted by atomic mass is 9.69. The van der Waals surface area contributed by atoms with E-state index in [1.807, 2.05) is 6.07 Å². The van der Waals surface area contributed by atoms with Crippen LogP contribution < -0.4 is 5.32 Å². The lowest BCUT2D eigenvalue weighted by molar-refractivity contribution is -0.104. The molecule has 1 atom stereocenters. The van der Waals surface area contributed by atoms with Crippen molar-refractivity contribution in [2.45, 2.75) is 18.3 Å². The minimum absolute atomic E-state index is 0.164. The van der Waals surface area contributed by atoms with Gasteiger partial charge in [0, 0.05) is 0 Å². The number of piperidine rings is 1. The minimum Gasteiger partial charge on any atom is -0.469 e. The zero-order valence-corrected chi connectivity index (χ0v) is 8.87. The molecule has 82 valence electrons. The van der Waals surface area contributed by atoms with E-state index in [4.69, 9.17) is 9.15 Å². The summed E-state index contributed by atoms with van der Waals surface area (Å²) in [5, 5.41) is 3.47. The fourth-order valence-corrected chi connectivity index (χ4v) is 2.79. The Labute approximate surface area is 89.8 Å². The summed E-state index contributed by atoms with van der Waals surface area (Å²) in [6, 6.07) is 4.07. The molecule has 15 heavy (non-hydrogen) atoms. The Morgan fingerprint density at radius 1 is 1.40 bits per heavy atom. The Hall–Kier alpha value is -0.800. The predicted octanol–water partition coefficient (Wildman–Crippen LogP) is 1.55. The van der Waals surface area contributed by atoms with Crippen molar-refractivity contribution >= 4 is 0 Å². The molecule has 3 heterocycles. The number of ether oxygens (including phenoxy) is 1. The van der Waals surface area contributed by atoms with E-state index in [0.717, 1.165) is 32.1 Å². The summed E-state index contributed by atoms with van der Waals surface area (Å²) in [7, 11) is 0. The summed E-state index contributed by atoms with van der Waals surface area (Å²) in [6.07, 6.45) is 4.33. The van der Waals surface area contributed by atoms with Crippen molar-refractivity contribution < 1.29 is 9.15 Å². The van der Waals surface area contributed by atoms with E-state index in [1.54, 1.807) is 6.26 Å². The number of furan rings is 1. The number of nitrogens with one attached hydrogen (secondary N) is 1. The van der Waals surface area contributed by atoms with Crippen molar-refractivity contribution in [3.05, 3.63) is 24.2 Å². The molecule has 0 aromatic carbocycles. The lowest BCUT2D eigenvalue weighted by Crippen LogP contribution is -2.56. The van der Waals surface area contributed by atoms with E-state index in [9.17, 15) is 0 Å². The maximum absolute atomic E-state index is 5.59. The molecule has 2 fully saturated rings. The standard InChI is InChI=1S/C12H17NO2/c1-3-10(7-13-5-1)12(8-14-9-12)11-4-2-6-15-11/h2,4,6,10,13H,1,3,5,7-9H2. The van der Waals surface area contributed by atoms with Gasteiger partial charge in [-0.3, -0.25) is 0 Å². The van der Waals surface area contributed by atoms with Gasteiger partial charge >= 0.3 is 0 Å². The van der Waals surface area contributed by atoms with Crippen molar-refractivity contribution in [1.82, 2.24) is 5.32 Å². The van der Waals surface area contributed by atoms with Crippen molar-refractivity contribution in [3.63, 3.8) is 0 Å². The first kappa shape index (κ1) is 9.43. The van der Waals surface area contributed by atoms with Crippen LogP contribution >= 0.6 is 0 Å². The molecule has 1 aromatic heterocycles. The average Bonchev–Trinajstić information content (AvgIpc) is 2.72. The van der Waals surface area contributed by atoms with E-state index in [0.29, 0.717) is 5.92 Å². The molecule has 2 saturated heterocycles. The van der Waals surface area contributed by atoms with Gasteiger partial charge in [0.1, 0.15) is 5.76 Å². The molecule has 0 bridgehead atoms. The van der Waals surface area contributed by atoms with Crippen LogP contribution in [0.4, 0.5) is 0 Å². The van der Waals surface area contributed by atoms with Crippen molar-refractivity contribution in [1.29, 1.82) is 0 Å². The molecule has 0 amide bonds. The van der Waals surface area contributed by atoms with Crippen LogP contribution in [0, 0.1) is 5.92 Å². The lowest BCUT2D eigenvalue weighted by Gasteiger charge is -2.47. The molecule has 2 aliphatic rings. The van der Waals surface area contributed by atoms with E-state index >= 15 is 0 Å². The normalized spacial score (nSPS) is 29.7. The third-order valence-electron chi connectivity index (χ3n) is 3.81. The summed E-state index contributed by atoms with van der Waals surface area (Å²) in [4.78, 5) is 0. The largest absolute Gasteiger partial charge is 0.469 e. The highest BCUT2D eigenvalue weighted by atomic mass is 16.5. The summed E-state index contributed by atoms with van der Waals surface area (Å²) in [5.74, 6) is 1.79. The Bertz CT molecular complexity index is 310.